The second-order valence-electron chi connectivity index (χ2n) is 7.80. The monoisotopic (exact) mass is 324 g/mol. The summed E-state index contributed by atoms with van der Waals surface area (Å²) in [6, 6.07) is 0. The Kier molecular flexibility index (Phi) is 4.40. The van der Waals surface area contributed by atoms with Crippen LogP contribution in [0.1, 0.15) is 52.4 Å². The van der Waals surface area contributed by atoms with Crippen molar-refractivity contribution in [2.75, 3.05) is 19.8 Å². The standard InChI is InChI=1S/C17H28N2O4/c1-16(2)11-17(13(23-16)10-14(18)20)6-3-7-19(17)15(21)12-4-8-22-9-5-12/h12-13H,3-11H2,1-2H3,(H2,18,20)/t13-,17+/m0/s1. The molecule has 3 rings (SSSR count). The number of nitrogens with zero attached hydrogens (tertiary/aromatic N) is 1. The number of hydrogen-bond donors (Lipinski definition) is 1. The van der Waals surface area contributed by atoms with Crippen molar-refractivity contribution in [1.82, 2.24) is 4.90 Å². The molecule has 1 spiro atoms. The van der Waals surface area contributed by atoms with Crippen molar-refractivity contribution in [3.05, 3.63) is 0 Å². The maximum Gasteiger partial charge on any atom is 0.226 e. The fraction of sp³-hybridized carbons (Fsp3) is 0.882. The van der Waals surface area contributed by atoms with E-state index in [1.54, 1.807) is 0 Å². The smallest absolute Gasteiger partial charge is 0.226 e. The van der Waals surface area contributed by atoms with Crippen molar-refractivity contribution in [3.8, 4) is 0 Å². The molecule has 0 saturated carbocycles. The van der Waals surface area contributed by atoms with Crippen molar-refractivity contribution in [2.45, 2.75) is 69.6 Å². The van der Waals surface area contributed by atoms with Crippen LogP contribution >= 0.6 is 0 Å². The second kappa shape index (κ2) is 6.06. The van der Waals surface area contributed by atoms with E-state index in [4.69, 9.17) is 15.2 Å². The first-order chi connectivity index (χ1) is 10.8. The molecule has 3 saturated heterocycles. The van der Waals surface area contributed by atoms with Crippen LogP contribution in [-0.2, 0) is 19.1 Å². The molecule has 0 bridgehead atoms. The Morgan fingerprint density at radius 1 is 1.26 bits per heavy atom. The first-order valence-electron chi connectivity index (χ1n) is 8.69. The Morgan fingerprint density at radius 2 is 1.96 bits per heavy atom. The van der Waals surface area contributed by atoms with Crippen LogP contribution in [0.4, 0.5) is 0 Å². The molecule has 6 nitrogen and oxygen atoms in total. The summed E-state index contributed by atoms with van der Waals surface area (Å²) in [4.78, 5) is 26.6. The summed E-state index contributed by atoms with van der Waals surface area (Å²) in [7, 11) is 0. The van der Waals surface area contributed by atoms with Crippen molar-refractivity contribution in [2.24, 2.45) is 11.7 Å². The van der Waals surface area contributed by atoms with Crippen LogP contribution in [0.3, 0.4) is 0 Å². The summed E-state index contributed by atoms with van der Waals surface area (Å²) in [6.45, 7) is 6.13. The zero-order valence-electron chi connectivity index (χ0n) is 14.2. The van der Waals surface area contributed by atoms with Crippen LogP contribution in [0.5, 0.6) is 0 Å². The zero-order valence-corrected chi connectivity index (χ0v) is 14.2. The minimum Gasteiger partial charge on any atom is -0.381 e. The van der Waals surface area contributed by atoms with Gasteiger partial charge in [-0.25, -0.2) is 0 Å². The highest BCUT2D eigenvalue weighted by atomic mass is 16.5. The van der Waals surface area contributed by atoms with E-state index in [0.717, 1.165) is 38.6 Å². The number of hydrogen-bond acceptors (Lipinski definition) is 4. The SMILES string of the molecule is CC1(C)C[C@]2(CCCN2C(=O)C2CCOCC2)[C@H](CC(N)=O)O1. The van der Waals surface area contributed by atoms with Crippen LogP contribution < -0.4 is 5.73 Å². The average Bonchev–Trinajstić information content (AvgIpc) is 3.00. The van der Waals surface area contributed by atoms with Gasteiger partial charge in [-0.2, -0.15) is 0 Å². The highest BCUT2D eigenvalue weighted by Gasteiger charge is 2.58. The number of likely N-dealkylation sites (tertiary alicyclic amines) is 1. The van der Waals surface area contributed by atoms with Crippen molar-refractivity contribution >= 4 is 11.8 Å². The van der Waals surface area contributed by atoms with Crippen LogP contribution in [-0.4, -0.2) is 53.7 Å². The zero-order chi connectivity index (χ0) is 16.7. The highest BCUT2D eigenvalue weighted by molar-refractivity contribution is 5.81. The molecule has 23 heavy (non-hydrogen) atoms. The van der Waals surface area contributed by atoms with Gasteiger partial charge >= 0.3 is 0 Å². The van der Waals surface area contributed by atoms with Gasteiger partial charge in [-0.3, -0.25) is 9.59 Å². The number of ether oxygens (including phenoxy) is 2. The summed E-state index contributed by atoms with van der Waals surface area (Å²) in [6.07, 6.45) is 4.09. The maximum atomic E-state index is 13.1. The van der Waals surface area contributed by atoms with E-state index in [1.807, 2.05) is 18.7 Å². The Bertz CT molecular complexity index is 487. The van der Waals surface area contributed by atoms with Gasteiger partial charge in [0.2, 0.25) is 11.8 Å². The lowest BCUT2D eigenvalue weighted by molar-refractivity contribution is -0.146. The highest BCUT2D eigenvalue weighted by Crippen LogP contribution is 2.49. The number of primary amides is 1. The lowest BCUT2D eigenvalue weighted by Gasteiger charge is -2.41. The predicted molar refractivity (Wildman–Crippen MR) is 84.6 cm³/mol. The Balaban J connectivity index is 1.84. The summed E-state index contributed by atoms with van der Waals surface area (Å²) in [5.74, 6) is -0.115. The van der Waals surface area contributed by atoms with E-state index in [-0.39, 0.29) is 41.4 Å². The van der Waals surface area contributed by atoms with Gasteiger partial charge in [0.25, 0.3) is 0 Å². The van der Waals surface area contributed by atoms with Crippen molar-refractivity contribution in [3.63, 3.8) is 0 Å². The third-order valence-electron chi connectivity index (χ3n) is 5.54. The molecule has 2 atom stereocenters. The normalized spacial score (nSPS) is 34.2. The van der Waals surface area contributed by atoms with Crippen LogP contribution in [0, 0.1) is 5.92 Å². The molecule has 3 heterocycles. The molecule has 3 aliphatic rings. The van der Waals surface area contributed by atoms with Crippen LogP contribution in [0.25, 0.3) is 0 Å². The predicted octanol–water partition coefficient (Wildman–Crippen LogP) is 1.22. The van der Waals surface area contributed by atoms with E-state index in [9.17, 15) is 9.59 Å². The van der Waals surface area contributed by atoms with Gasteiger partial charge in [0.15, 0.2) is 0 Å². The van der Waals surface area contributed by atoms with Gasteiger partial charge in [0.05, 0.1) is 23.7 Å². The molecule has 2 N–H and O–H groups in total. The van der Waals surface area contributed by atoms with Gasteiger partial charge in [0, 0.05) is 32.1 Å². The molecule has 3 aliphatic heterocycles. The quantitative estimate of drug-likeness (QED) is 0.846. The minimum absolute atomic E-state index is 0.0386. The molecule has 130 valence electrons. The Morgan fingerprint density at radius 3 is 2.61 bits per heavy atom. The number of carbonyl (C=O) groups excluding carboxylic acids is 2. The lowest BCUT2D eigenvalue weighted by Crippen LogP contribution is -2.55. The first-order valence-corrected chi connectivity index (χ1v) is 8.69. The number of carbonyl (C=O) groups is 2. The molecule has 6 heteroatoms. The lowest BCUT2D eigenvalue weighted by atomic mass is 9.81. The maximum absolute atomic E-state index is 13.1. The van der Waals surface area contributed by atoms with Gasteiger partial charge in [0.1, 0.15) is 0 Å². The van der Waals surface area contributed by atoms with Gasteiger partial charge in [-0.1, -0.05) is 0 Å². The molecule has 2 amide bonds. The van der Waals surface area contributed by atoms with Gasteiger partial charge in [-0.15, -0.1) is 0 Å². The van der Waals surface area contributed by atoms with E-state index in [2.05, 4.69) is 0 Å². The Labute approximate surface area is 137 Å². The van der Waals surface area contributed by atoms with Gasteiger partial charge in [-0.05, 0) is 39.5 Å². The van der Waals surface area contributed by atoms with E-state index >= 15 is 0 Å². The molecule has 3 fully saturated rings. The summed E-state index contributed by atoms with van der Waals surface area (Å²) < 4.78 is 11.5. The summed E-state index contributed by atoms with van der Waals surface area (Å²) in [5, 5.41) is 0. The number of amides is 2. The summed E-state index contributed by atoms with van der Waals surface area (Å²) >= 11 is 0. The second-order valence-corrected chi connectivity index (χ2v) is 7.80. The average molecular weight is 324 g/mol. The van der Waals surface area contributed by atoms with E-state index < -0.39 is 0 Å². The van der Waals surface area contributed by atoms with Crippen molar-refractivity contribution < 1.29 is 19.1 Å². The van der Waals surface area contributed by atoms with Crippen LogP contribution in [0.2, 0.25) is 0 Å². The molecule has 0 aromatic rings. The fourth-order valence-corrected chi connectivity index (χ4v) is 4.72. The molecule has 0 aromatic carbocycles. The minimum atomic E-state index is -0.367. The Hall–Kier alpha value is -1.14. The number of rotatable bonds is 3. The van der Waals surface area contributed by atoms with Gasteiger partial charge < -0.3 is 20.1 Å². The number of nitrogens with two attached hydrogens (primary N) is 1. The summed E-state index contributed by atoms with van der Waals surface area (Å²) in [5.41, 5.74) is 4.74. The molecular weight excluding hydrogens is 296 g/mol. The topological polar surface area (TPSA) is 81.9 Å². The third kappa shape index (κ3) is 3.11. The third-order valence-corrected chi connectivity index (χ3v) is 5.54. The fourth-order valence-electron chi connectivity index (χ4n) is 4.72. The molecule has 0 unspecified atom stereocenters. The van der Waals surface area contributed by atoms with E-state index in [1.165, 1.54) is 0 Å². The molecule has 0 aromatic heterocycles. The first kappa shape index (κ1) is 16.7. The molecule has 0 aliphatic carbocycles. The van der Waals surface area contributed by atoms with Crippen LogP contribution in [0.15, 0.2) is 0 Å². The largest absolute Gasteiger partial charge is 0.381 e. The van der Waals surface area contributed by atoms with E-state index in [0.29, 0.717) is 13.2 Å². The molecular formula is C17H28N2O4. The van der Waals surface area contributed by atoms with Crippen molar-refractivity contribution in [1.29, 1.82) is 0 Å². The molecule has 0 radical (unpaired) electrons.